The van der Waals surface area contributed by atoms with Gasteiger partial charge < -0.3 is 30.2 Å². The second kappa shape index (κ2) is 13.2. The monoisotopic (exact) mass is 594 g/mol. The third-order valence-corrected chi connectivity index (χ3v) is 8.40. The number of hydrogen-bond acceptors (Lipinski definition) is 9. The van der Waals surface area contributed by atoms with Crippen LogP contribution in [0.3, 0.4) is 0 Å². The van der Waals surface area contributed by atoms with Gasteiger partial charge in [-0.05, 0) is 60.6 Å². The van der Waals surface area contributed by atoms with Crippen LogP contribution < -0.4 is 35.6 Å². The maximum absolute atomic E-state index is 13.8. The van der Waals surface area contributed by atoms with Gasteiger partial charge in [0, 0.05) is 23.6 Å². The van der Waals surface area contributed by atoms with Crippen molar-refractivity contribution in [3.63, 3.8) is 0 Å². The Labute approximate surface area is 249 Å². The first kappa shape index (κ1) is 30.8. The van der Waals surface area contributed by atoms with E-state index in [9.17, 15) is 14.4 Å². The Morgan fingerprint density at radius 1 is 1.12 bits per heavy atom. The molecule has 1 aliphatic carbocycles. The van der Waals surface area contributed by atoms with E-state index in [2.05, 4.69) is 20.9 Å². The minimum atomic E-state index is -0.688. The number of methoxy groups -OCH3 is 3. The number of nitrogens with zero attached hydrogens (tertiary/aromatic N) is 1. The third-order valence-electron chi connectivity index (χ3n) is 7.57. The Bertz CT molecular complexity index is 1540. The molecule has 10 nitrogen and oxygen atoms in total. The number of fused-ring (bicyclic) bond motifs is 3. The van der Waals surface area contributed by atoms with Crippen molar-refractivity contribution in [1.82, 2.24) is 10.3 Å². The van der Waals surface area contributed by atoms with Crippen LogP contribution in [0.5, 0.6) is 17.2 Å². The van der Waals surface area contributed by atoms with Crippen molar-refractivity contribution in [2.75, 3.05) is 32.0 Å². The van der Waals surface area contributed by atoms with Crippen LogP contribution in [0.25, 0.3) is 11.1 Å². The van der Waals surface area contributed by atoms with E-state index in [0.29, 0.717) is 52.8 Å². The largest absolute Gasteiger partial charge is 0.493 e. The summed E-state index contributed by atoms with van der Waals surface area (Å²) in [5.41, 5.74) is 3.02. The quantitative estimate of drug-likeness (QED) is 0.296. The summed E-state index contributed by atoms with van der Waals surface area (Å²) >= 11 is 1.39. The molecule has 1 heterocycles. The number of carbonyl (C=O) groups excluding carboxylic acids is 2. The summed E-state index contributed by atoms with van der Waals surface area (Å²) in [4.78, 5) is 44.6. The fraction of sp³-hybridized carbons (Fsp3) is 0.419. The molecule has 0 saturated carbocycles. The standard InChI is InChI=1S/C31H38N4O6S/c1-8-16(2)27(30(38)35-31-32-15-17(3)42-31)34-23-12-10-20-21(14-24(23)37)22(33-18(4)36)11-9-19-13-25(39-5)28(40-6)29(41-7)26(19)20/h10,12-16,22,27H,8-9,11H2,1-7H3,(H,33,36)(H,34,37)(H,32,35,38)/t16-,22+,27+/m0/s1. The molecule has 1 aliphatic rings. The normalized spacial score (nSPS) is 15.3. The van der Waals surface area contributed by atoms with Gasteiger partial charge in [0.05, 0.1) is 33.1 Å². The van der Waals surface area contributed by atoms with E-state index in [0.717, 1.165) is 16.0 Å². The minimum absolute atomic E-state index is 0.0848. The van der Waals surface area contributed by atoms with Gasteiger partial charge >= 0.3 is 0 Å². The van der Waals surface area contributed by atoms with Gasteiger partial charge in [-0.1, -0.05) is 26.3 Å². The fourth-order valence-electron chi connectivity index (χ4n) is 5.29. The zero-order valence-corrected chi connectivity index (χ0v) is 25.9. The predicted octanol–water partition coefficient (Wildman–Crippen LogP) is 5.09. The molecular weight excluding hydrogens is 556 g/mol. The summed E-state index contributed by atoms with van der Waals surface area (Å²) in [5.74, 6) is 0.866. The van der Waals surface area contributed by atoms with Crippen LogP contribution in [0.2, 0.25) is 0 Å². The smallest absolute Gasteiger partial charge is 0.248 e. The summed E-state index contributed by atoms with van der Waals surface area (Å²) in [7, 11) is 4.66. The first-order valence-corrected chi connectivity index (χ1v) is 14.7. The highest BCUT2D eigenvalue weighted by Crippen LogP contribution is 2.50. The lowest BCUT2D eigenvalue weighted by atomic mass is 9.95. The van der Waals surface area contributed by atoms with E-state index in [1.807, 2.05) is 32.9 Å². The van der Waals surface area contributed by atoms with E-state index < -0.39 is 12.1 Å². The van der Waals surface area contributed by atoms with Gasteiger partial charge in [0.15, 0.2) is 16.6 Å². The zero-order chi connectivity index (χ0) is 30.6. The highest BCUT2D eigenvalue weighted by molar-refractivity contribution is 7.15. The molecule has 0 fully saturated rings. The second-order valence-corrected chi connectivity index (χ2v) is 11.6. The van der Waals surface area contributed by atoms with Crippen LogP contribution in [0.15, 0.2) is 35.3 Å². The molecule has 3 N–H and O–H groups in total. The molecule has 2 amide bonds. The number of hydrogen-bond donors (Lipinski definition) is 3. The van der Waals surface area contributed by atoms with E-state index in [4.69, 9.17) is 14.2 Å². The van der Waals surface area contributed by atoms with Gasteiger partial charge in [0.2, 0.25) is 23.0 Å². The highest BCUT2D eigenvalue weighted by atomic mass is 32.1. The SMILES string of the molecule is CC[C@H](C)[C@@H](Nc1ccc2c(cc1=O)[C@H](NC(C)=O)CCc1cc(OC)c(OC)c(OC)c1-2)C(=O)Nc1ncc(C)s1. The number of nitrogens with one attached hydrogen (secondary N) is 3. The van der Waals surface area contributed by atoms with Crippen molar-refractivity contribution >= 4 is 34.0 Å². The molecule has 0 aliphatic heterocycles. The van der Waals surface area contributed by atoms with Crippen LogP contribution in [0, 0.1) is 12.8 Å². The first-order valence-electron chi connectivity index (χ1n) is 13.9. The number of thiazole rings is 1. The molecule has 224 valence electrons. The van der Waals surface area contributed by atoms with Gasteiger partial charge in [0.1, 0.15) is 6.04 Å². The number of amides is 2. The zero-order valence-electron chi connectivity index (χ0n) is 25.0. The number of ether oxygens (including phenoxy) is 3. The molecule has 2 aromatic carbocycles. The molecular formula is C31H38N4O6S. The van der Waals surface area contributed by atoms with Crippen LogP contribution in [0.1, 0.15) is 55.7 Å². The average molecular weight is 595 g/mol. The molecule has 0 radical (unpaired) electrons. The fourth-order valence-corrected chi connectivity index (χ4v) is 5.96. The van der Waals surface area contributed by atoms with Crippen molar-refractivity contribution < 1.29 is 23.8 Å². The average Bonchev–Trinajstić information content (AvgIpc) is 3.23. The van der Waals surface area contributed by atoms with Crippen molar-refractivity contribution in [2.45, 2.75) is 59.0 Å². The number of rotatable bonds is 10. The lowest BCUT2D eigenvalue weighted by Gasteiger charge is -2.23. The Kier molecular flexibility index (Phi) is 9.72. The van der Waals surface area contributed by atoms with Crippen LogP contribution >= 0.6 is 11.3 Å². The predicted molar refractivity (Wildman–Crippen MR) is 165 cm³/mol. The molecule has 42 heavy (non-hydrogen) atoms. The summed E-state index contributed by atoms with van der Waals surface area (Å²) in [6.45, 7) is 7.33. The third kappa shape index (κ3) is 6.35. The summed E-state index contributed by atoms with van der Waals surface area (Å²) in [5, 5.41) is 9.62. The van der Waals surface area contributed by atoms with Gasteiger partial charge in [-0.25, -0.2) is 4.98 Å². The maximum atomic E-state index is 13.8. The Balaban J connectivity index is 1.87. The molecule has 0 unspecified atom stereocenters. The topological polar surface area (TPSA) is 128 Å². The Hall–Kier alpha value is -4.12. The van der Waals surface area contributed by atoms with Gasteiger partial charge in [-0.15, -0.1) is 11.3 Å². The first-order chi connectivity index (χ1) is 20.1. The lowest BCUT2D eigenvalue weighted by molar-refractivity contribution is -0.120. The number of benzene rings is 1. The Morgan fingerprint density at radius 2 is 1.86 bits per heavy atom. The molecule has 0 bridgehead atoms. The number of aryl methyl sites for hydroxylation is 2. The number of anilines is 2. The van der Waals surface area contributed by atoms with Crippen LogP contribution in [-0.2, 0) is 16.0 Å². The maximum Gasteiger partial charge on any atom is 0.248 e. The van der Waals surface area contributed by atoms with E-state index >= 15 is 0 Å². The second-order valence-electron chi connectivity index (χ2n) is 10.4. The summed E-state index contributed by atoms with van der Waals surface area (Å²) < 4.78 is 17.1. The van der Waals surface area contributed by atoms with E-state index in [1.165, 1.54) is 18.3 Å². The van der Waals surface area contributed by atoms with Crippen molar-refractivity contribution in [3.05, 3.63) is 56.7 Å². The summed E-state index contributed by atoms with van der Waals surface area (Å²) in [6, 6.07) is 5.85. The van der Waals surface area contributed by atoms with Gasteiger partial charge in [0.25, 0.3) is 0 Å². The number of aromatic nitrogens is 1. The number of carbonyl (C=O) groups is 2. The van der Waals surface area contributed by atoms with Crippen molar-refractivity contribution in [2.24, 2.45) is 5.92 Å². The molecule has 11 heteroatoms. The molecule has 1 aromatic heterocycles. The molecule has 0 saturated heterocycles. The van der Waals surface area contributed by atoms with Crippen molar-refractivity contribution in [3.8, 4) is 28.4 Å². The van der Waals surface area contributed by atoms with E-state index in [-0.39, 0.29) is 28.8 Å². The van der Waals surface area contributed by atoms with Gasteiger partial charge in [-0.2, -0.15) is 0 Å². The minimum Gasteiger partial charge on any atom is -0.493 e. The molecule has 3 aromatic rings. The summed E-state index contributed by atoms with van der Waals surface area (Å²) in [6.07, 6.45) is 3.56. The lowest BCUT2D eigenvalue weighted by Crippen LogP contribution is -2.40. The van der Waals surface area contributed by atoms with Crippen LogP contribution in [0.4, 0.5) is 10.8 Å². The molecule has 3 atom stereocenters. The Morgan fingerprint density at radius 3 is 2.45 bits per heavy atom. The molecule has 0 spiro atoms. The molecule has 4 rings (SSSR count). The highest BCUT2D eigenvalue weighted by Gasteiger charge is 2.30. The van der Waals surface area contributed by atoms with Crippen LogP contribution in [-0.4, -0.2) is 44.2 Å². The van der Waals surface area contributed by atoms with Crippen molar-refractivity contribution in [1.29, 1.82) is 0 Å². The van der Waals surface area contributed by atoms with E-state index in [1.54, 1.807) is 39.7 Å². The van der Waals surface area contributed by atoms with Gasteiger partial charge in [-0.3, -0.25) is 14.4 Å².